The molecule has 1 unspecified atom stereocenters. The van der Waals surface area contributed by atoms with Gasteiger partial charge in [-0.05, 0) is 30.3 Å². The maximum Gasteiger partial charge on any atom is 0.225 e. The average molecular weight is 306 g/mol. The van der Waals surface area contributed by atoms with Gasteiger partial charge in [0, 0.05) is 22.8 Å². The summed E-state index contributed by atoms with van der Waals surface area (Å²) < 4.78 is 25.0. The minimum Gasteiger partial charge on any atom is -0.396 e. The van der Waals surface area contributed by atoms with E-state index in [0.717, 1.165) is 0 Å². The van der Waals surface area contributed by atoms with Crippen LogP contribution in [0.2, 0.25) is 0 Å². The van der Waals surface area contributed by atoms with Crippen LogP contribution in [0.1, 0.15) is 6.42 Å². The van der Waals surface area contributed by atoms with E-state index >= 15 is 0 Å². The van der Waals surface area contributed by atoms with Crippen LogP contribution in [-0.2, 0) is 15.6 Å². The lowest BCUT2D eigenvalue weighted by molar-refractivity contribution is -0.115. The molecule has 6 heteroatoms. The van der Waals surface area contributed by atoms with E-state index in [4.69, 9.17) is 5.73 Å². The van der Waals surface area contributed by atoms with Gasteiger partial charge in [-0.25, -0.2) is 4.39 Å². The molecule has 0 spiro atoms. The van der Waals surface area contributed by atoms with Gasteiger partial charge in [-0.3, -0.25) is 9.00 Å². The molecule has 0 radical (unpaired) electrons. The first-order valence-corrected chi connectivity index (χ1v) is 7.66. The summed E-state index contributed by atoms with van der Waals surface area (Å²) in [6, 6.07) is 12.9. The first-order valence-electron chi connectivity index (χ1n) is 6.34. The summed E-state index contributed by atoms with van der Waals surface area (Å²) in [6.07, 6.45) is 0.110. The molecule has 0 aliphatic rings. The Kier molecular flexibility index (Phi) is 5.05. The first-order chi connectivity index (χ1) is 10.1. The standard InChI is InChI=1S/C15H15FN2O2S/c16-13-7-6-11(10-14(13)17)18-15(19)8-9-21(20)12-4-2-1-3-5-12/h1-7,10H,8-9,17H2,(H,18,19). The summed E-state index contributed by atoms with van der Waals surface area (Å²) in [5.74, 6) is -0.588. The van der Waals surface area contributed by atoms with Crippen LogP contribution in [0.3, 0.4) is 0 Å². The zero-order chi connectivity index (χ0) is 15.2. The minimum absolute atomic E-state index is 0.0272. The van der Waals surface area contributed by atoms with Gasteiger partial charge in [0.05, 0.1) is 16.5 Å². The van der Waals surface area contributed by atoms with Gasteiger partial charge in [0.1, 0.15) is 5.82 Å². The smallest absolute Gasteiger partial charge is 0.225 e. The predicted molar refractivity (Wildman–Crippen MR) is 81.8 cm³/mol. The highest BCUT2D eigenvalue weighted by atomic mass is 32.2. The van der Waals surface area contributed by atoms with E-state index in [0.29, 0.717) is 10.6 Å². The molecule has 1 amide bonds. The third-order valence-electron chi connectivity index (χ3n) is 2.80. The maximum atomic E-state index is 13.0. The summed E-state index contributed by atoms with van der Waals surface area (Å²) in [7, 11) is -1.22. The van der Waals surface area contributed by atoms with E-state index in [-0.39, 0.29) is 23.8 Å². The predicted octanol–water partition coefficient (Wildman–Crippen LogP) is 2.54. The van der Waals surface area contributed by atoms with E-state index < -0.39 is 16.6 Å². The maximum absolute atomic E-state index is 13.0. The van der Waals surface area contributed by atoms with E-state index in [2.05, 4.69) is 5.32 Å². The van der Waals surface area contributed by atoms with Gasteiger partial charge < -0.3 is 11.1 Å². The van der Waals surface area contributed by atoms with E-state index in [1.807, 2.05) is 6.07 Å². The van der Waals surface area contributed by atoms with Crippen LogP contribution in [0.25, 0.3) is 0 Å². The molecule has 3 N–H and O–H groups in total. The summed E-state index contributed by atoms with van der Waals surface area (Å²) in [4.78, 5) is 12.5. The van der Waals surface area contributed by atoms with Crippen molar-refractivity contribution in [3.05, 3.63) is 54.3 Å². The molecule has 0 aliphatic heterocycles. The Bertz CT molecular complexity index is 662. The van der Waals surface area contributed by atoms with Crippen LogP contribution < -0.4 is 11.1 Å². The Balaban J connectivity index is 1.87. The molecular formula is C15H15FN2O2S. The SMILES string of the molecule is Nc1cc(NC(=O)CCS(=O)c2ccccc2)ccc1F. The number of benzene rings is 2. The number of amides is 1. The molecule has 2 rings (SSSR count). The van der Waals surface area contributed by atoms with Crippen molar-refractivity contribution < 1.29 is 13.4 Å². The van der Waals surface area contributed by atoms with Gasteiger partial charge in [0.15, 0.2) is 0 Å². The number of nitrogen functional groups attached to an aromatic ring is 1. The monoisotopic (exact) mass is 306 g/mol. The second-order valence-electron chi connectivity index (χ2n) is 4.40. The third kappa shape index (κ3) is 4.39. The van der Waals surface area contributed by atoms with E-state index in [1.165, 1.54) is 18.2 Å². The molecule has 0 aromatic heterocycles. The second-order valence-corrected chi connectivity index (χ2v) is 5.97. The summed E-state index contributed by atoms with van der Waals surface area (Å²) in [6.45, 7) is 0. The van der Waals surface area contributed by atoms with Crippen LogP contribution >= 0.6 is 0 Å². The highest BCUT2D eigenvalue weighted by Gasteiger charge is 2.08. The third-order valence-corrected chi connectivity index (χ3v) is 4.17. The number of hydrogen-bond acceptors (Lipinski definition) is 3. The Labute approximate surface area is 124 Å². The normalized spacial score (nSPS) is 11.9. The van der Waals surface area contributed by atoms with Crippen molar-refractivity contribution in [2.45, 2.75) is 11.3 Å². The lowest BCUT2D eigenvalue weighted by Crippen LogP contribution is -2.15. The number of carbonyl (C=O) groups is 1. The summed E-state index contributed by atoms with van der Waals surface area (Å²) >= 11 is 0. The van der Waals surface area contributed by atoms with E-state index in [9.17, 15) is 13.4 Å². The zero-order valence-electron chi connectivity index (χ0n) is 11.2. The van der Waals surface area contributed by atoms with Crippen molar-refractivity contribution in [2.24, 2.45) is 0 Å². The van der Waals surface area contributed by atoms with Gasteiger partial charge in [-0.1, -0.05) is 18.2 Å². The van der Waals surface area contributed by atoms with Gasteiger partial charge in [0.2, 0.25) is 5.91 Å². The Hall–Kier alpha value is -2.21. The molecule has 0 heterocycles. The number of halogens is 1. The van der Waals surface area contributed by atoms with Crippen molar-refractivity contribution in [1.82, 2.24) is 0 Å². The number of nitrogens with one attached hydrogen (secondary N) is 1. The fourth-order valence-electron chi connectivity index (χ4n) is 1.72. The molecule has 0 fully saturated rings. The van der Waals surface area contributed by atoms with Gasteiger partial charge in [-0.2, -0.15) is 0 Å². The molecule has 0 bridgehead atoms. The van der Waals surface area contributed by atoms with Crippen molar-refractivity contribution in [2.75, 3.05) is 16.8 Å². The second kappa shape index (κ2) is 6.99. The lowest BCUT2D eigenvalue weighted by atomic mass is 10.2. The summed E-state index contributed by atoms with van der Waals surface area (Å²) in [5, 5.41) is 2.60. The van der Waals surface area contributed by atoms with Crippen LogP contribution in [-0.4, -0.2) is 15.9 Å². The number of nitrogens with two attached hydrogens (primary N) is 1. The quantitative estimate of drug-likeness (QED) is 0.834. The molecule has 0 aliphatic carbocycles. The molecule has 4 nitrogen and oxygen atoms in total. The number of anilines is 2. The zero-order valence-corrected chi connectivity index (χ0v) is 12.0. The summed E-state index contributed by atoms with van der Waals surface area (Å²) in [5.41, 5.74) is 5.81. The molecule has 110 valence electrons. The number of rotatable bonds is 5. The van der Waals surface area contributed by atoms with Gasteiger partial charge in [-0.15, -0.1) is 0 Å². The number of carbonyl (C=O) groups excluding carboxylic acids is 1. The fourth-order valence-corrected chi connectivity index (χ4v) is 2.79. The largest absolute Gasteiger partial charge is 0.396 e. The van der Waals surface area contributed by atoms with Crippen molar-refractivity contribution in [3.8, 4) is 0 Å². The van der Waals surface area contributed by atoms with Crippen LogP contribution in [0.15, 0.2) is 53.4 Å². The van der Waals surface area contributed by atoms with Crippen molar-refractivity contribution in [3.63, 3.8) is 0 Å². The molecule has 0 saturated heterocycles. The average Bonchev–Trinajstić information content (AvgIpc) is 2.49. The Morgan fingerprint density at radius 3 is 2.57 bits per heavy atom. The van der Waals surface area contributed by atoms with Gasteiger partial charge in [0.25, 0.3) is 0 Å². The first kappa shape index (κ1) is 15.2. The molecule has 1 atom stereocenters. The number of hydrogen-bond donors (Lipinski definition) is 2. The minimum atomic E-state index is -1.22. The van der Waals surface area contributed by atoms with Crippen molar-refractivity contribution in [1.29, 1.82) is 0 Å². The topological polar surface area (TPSA) is 72.2 Å². The van der Waals surface area contributed by atoms with Crippen LogP contribution in [0.5, 0.6) is 0 Å². The Morgan fingerprint density at radius 1 is 1.19 bits per heavy atom. The highest BCUT2D eigenvalue weighted by Crippen LogP contribution is 2.16. The molecular weight excluding hydrogens is 291 g/mol. The molecule has 21 heavy (non-hydrogen) atoms. The molecule has 0 saturated carbocycles. The molecule has 2 aromatic rings. The lowest BCUT2D eigenvalue weighted by Gasteiger charge is -2.06. The fraction of sp³-hybridized carbons (Fsp3) is 0.133. The van der Waals surface area contributed by atoms with Crippen molar-refractivity contribution >= 4 is 28.1 Å². The van der Waals surface area contributed by atoms with Gasteiger partial charge >= 0.3 is 0 Å². The molecule has 2 aromatic carbocycles. The highest BCUT2D eigenvalue weighted by molar-refractivity contribution is 7.85. The van der Waals surface area contributed by atoms with Crippen LogP contribution in [0.4, 0.5) is 15.8 Å². The van der Waals surface area contributed by atoms with E-state index in [1.54, 1.807) is 24.3 Å². The van der Waals surface area contributed by atoms with Crippen LogP contribution in [0, 0.1) is 5.82 Å². The Morgan fingerprint density at radius 2 is 1.90 bits per heavy atom.